The summed E-state index contributed by atoms with van der Waals surface area (Å²) in [5.74, 6) is 1.69. The van der Waals surface area contributed by atoms with Gasteiger partial charge in [0.2, 0.25) is 0 Å². The second-order valence-corrected chi connectivity index (χ2v) is 7.92. The fraction of sp³-hybridized carbons (Fsp3) is 0.737. The van der Waals surface area contributed by atoms with Gasteiger partial charge in [-0.2, -0.15) is 0 Å². The molecule has 0 amide bonds. The van der Waals surface area contributed by atoms with Crippen LogP contribution >= 0.6 is 0 Å². The smallest absolute Gasteiger partial charge is 0.308 e. The molecule has 0 spiro atoms. The fourth-order valence-corrected chi connectivity index (χ4v) is 4.58. The molecule has 0 unspecified atom stereocenters. The first kappa shape index (κ1) is 16.0. The van der Waals surface area contributed by atoms with Gasteiger partial charge < -0.3 is 5.11 Å². The number of aromatic nitrogens is 2. The third-order valence-electron chi connectivity index (χ3n) is 6.09. The predicted molar refractivity (Wildman–Crippen MR) is 90.5 cm³/mol. The van der Waals surface area contributed by atoms with Crippen molar-refractivity contribution in [3.05, 3.63) is 23.8 Å². The number of carboxylic acids is 1. The van der Waals surface area contributed by atoms with Gasteiger partial charge in [-0.1, -0.05) is 19.3 Å². The average molecular weight is 329 g/mol. The SMILES string of the molecule is O=C(O)[C@@H]1CN(Cc2cnc(C3CCCCC3)nc2)C[C@H]1C1CC1. The lowest BCUT2D eigenvalue weighted by Gasteiger charge is -2.20. The van der Waals surface area contributed by atoms with Crippen LogP contribution in [0.15, 0.2) is 12.4 Å². The number of hydrogen-bond acceptors (Lipinski definition) is 4. The molecule has 0 aromatic carbocycles. The number of rotatable bonds is 5. The third kappa shape index (κ3) is 3.46. The minimum Gasteiger partial charge on any atom is -0.481 e. The van der Waals surface area contributed by atoms with Gasteiger partial charge in [-0.05, 0) is 37.5 Å². The topological polar surface area (TPSA) is 66.3 Å². The molecular weight excluding hydrogens is 302 g/mol. The van der Waals surface area contributed by atoms with Crippen molar-refractivity contribution < 1.29 is 9.90 Å². The molecule has 5 nitrogen and oxygen atoms in total. The largest absolute Gasteiger partial charge is 0.481 e. The summed E-state index contributed by atoms with van der Waals surface area (Å²) in [4.78, 5) is 23.0. The van der Waals surface area contributed by atoms with E-state index >= 15 is 0 Å². The van der Waals surface area contributed by atoms with Crippen LogP contribution in [0.2, 0.25) is 0 Å². The van der Waals surface area contributed by atoms with Gasteiger partial charge in [-0.15, -0.1) is 0 Å². The summed E-state index contributed by atoms with van der Waals surface area (Å²) in [6, 6.07) is 0. The average Bonchev–Trinajstić information content (AvgIpc) is 3.37. The van der Waals surface area contributed by atoms with Gasteiger partial charge in [0.05, 0.1) is 5.92 Å². The summed E-state index contributed by atoms with van der Waals surface area (Å²) in [5, 5.41) is 9.47. The molecule has 1 aromatic rings. The fourth-order valence-electron chi connectivity index (χ4n) is 4.58. The van der Waals surface area contributed by atoms with Crippen LogP contribution in [-0.4, -0.2) is 39.0 Å². The summed E-state index contributed by atoms with van der Waals surface area (Å²) in [7, 11) is 0. The molecule has 3 aliphatic rings. The van der Waals surface area contributed by atoms with Crippen LogP contribution in [0.4, 0.5) is 0 Å². The maximum absolute atomic E-state index is 11.5. The van der Waals surface area contributed by atoms with Crippen molar-refractivity contribution in [1.29, 1.82) is 0 Å². The lowest BCUT2D eigenvalue weighted by Crippen LogP contribution is -2.24. The molecule has 3 fully saturated rings. The van der Waals surface area contributed by atoms with Crippen LogP contribution in [0.5, 0.6) is 0 Å². The minimum atomic E-state index is -0.627. The van der Waals surface area contributed by atoms with Crippen molar-refractivity contribution in [3.8, 4) is 0 Å². The van der Waals surface area contributed by atoms with E-state index in [1.165, 1.54) is 44.9 Å². The highest BCUT2D eigenvalue weighted by Gasteiger charge is 2.45. The van der Waals surface area contributed by atoms with Gasteiger partial charge >= 0.3 is 5.97 Å². The number of hydrogen-bond donors (Lipinski definition) is 1. The zero-order chi connectivity index (χ0) is 16.5. The highest BCUT2D eigenvalue weighted by atomic mass is 16.4. The Morgan fingerprint density at radius 3 is 2.42 bits per heavy atom. The summed E-state index contributed by atoms with van der Waals surface area (Å²) in [6.07, 6.45) is 12.7. The number of carbonyl (C=O) groups is 1. The summed E-state index contributed by atoms with van der Waals surface area (Å²) < 4.78 is 0. The number of aliphatic carboxylic acids is 1. The van der Waals surface area contributed by atoms with E-state index in [1.807, 2.05) is 12.4 Å². The lowest BCUT2D eigenvalue weighted by molar-refractivity contribution is -0.142. The van der Waals surface area contributed by atoms with Crippen molar-refractivity contribution in [1.82, 2.24) is 14.9 Å². The Balaban J connectivity index is 1.37. The first-order chi connectivity index (χ1) is 11.7. The molecule has 2 aliphatic carbocycles. The van der Waals surface area contributed by atoms with E-state index in [2.05, 4.69) is 14.9 Å². The standard InChI is InChI=1S/C19H27N3O2/c23-19(24)17-12-22(11-16(17)14-6-7-14)10-13-8-20-18(21-9-13)15-4-2-1-3-5-15/h8-9,14-17H,1-7,10-12H2,(H,23,24)/t16-,17+/m0/s1. The monoisotopic (exact) mass is 329 g/mol. The van der Waals surface area contributed by atoms with Crippen molar-refractivity contribution in [2.75, 3.05) is 13.1 Å². The van der Waals surface area contributed by atoms with Gasteiger partial charge in [-0.3, -0.25) is 9.69 Å². The second kappa shape index (κ2) is 6.79. The molecule has 5 heteroatoms. The third-order valence-corrected chi connectivity index (χ3v) is 6.09. The molecule has 2 atom stereocenters. The predicted octanol–water partition coefficient (Wildman–Crippen LogP) is 3.07. The Bertz CT molecular complexity index is 579. The molecule has 0 radical (unpaired) electrons. The van der Waals surface area contributed by atoms with Gasteiger partial charge in [0.25, 0.3) is 0 Å². The summed E-state index contributed by atoms with van der Waals surface area (Å²) >= 11 is 0. The van der Waals surface area contributed by atoms with E-state index in [0.29, 0.717) is 24.3 Å². The minimum absolute atomic E-state index is 0.195. The van der Waals surface area contributed by atoms with Crippen LogP contribution in [0.3, 0.4) is 0 Å². The maximum atomic E-state index is 11.5. The van der Waals surface area contributed by atoms with Gasteiger partial charge in [0, 0.05) is 43.5 Å². The summed E-state index contributed by atoms with van der Waals surface area (Å²) in [6.45, 7) is 2.35. The van der Waals surface area contributed by atoms with Crippen LogP contribution in [-0.2, 0) is 11.3 Å². The Labute approximate surface area is 143 Å². The number of nitrogens with zero attached hydrogens (tertiary/aromatic N) is 3. The highest BCUT2D eigenvalue weighted by molar-refractivity contribution is 5.71. The molecular formula is C19H27N3O2. The Morgan fingerprint density at radius 1 is 1.08 bits per heavy atom. The molecule has 2 heterocycles. The maximum Gasteiger partial charge on any atom is 0.308 e. The van der Waals surface area contributed by atoms with Gasteiger partial charge in [-0.25, -0.2) is 9.97 Å². The Kier molecular flexibility index (Phi) is 4.53. The van der Waals surface area contributed by atoms with Crippen molar-refractivity contribution in [2.24, 2.45) is 17.8 Å². The second-order valence-electron chi connectivity index (χ2n) is 7.92. The molecule has 1 aromatic heterocycles. The normalized spacial score (nSPS) is 29.0. The summed E-state index contributed by atoms with van der Waals surface area (Å²) in [5.41, 5.74) is 1.11. The van der Waals surface area contributed by atoms with E-state index < -0.39 is 5.97 Å². The van der Waals surface area contributed by atoms with Crippen LogP contribution < -0.4 is 0 Å². The van der Waals surface area contributed by atoms with Crippen molar-refractivity contribution >= 4 is 5.97 Å². The van der Waals surface area contributed by atoms with Crippen molar-refractivity contribution in [3.63, 3.8) is 0 Å². The van der Waals surface area contributed by atoms with Crippen LogP contribution in [0, 0.1) is 17.8 Å². The molecule has 4 rings (SSSR count). The van der Waals surface area contributed by atoms with Crippen LogP contribution in [0.1, 0.15) is 62.3 Å². The number of likely N-dealkylation sites (tertiary alicyclic amines) is 1. The van der Waals surface area contributed by atoms with E-state index in [9.17, 15) is 9.90 Å². The molecule has 24 heavy (non-hydrogen) atoms. The number of carboxylic acid groups (broad SMARTS) is 1. The van der Waals surface area contributed by atoms with Crippen molar-refractivity contribution in [2.45, 2.75) is 57.4 Å². The van der Waals surface area contributed by atoms with E-state index in [1.54, 1.807) is 0 Å². The van der Waals surface area contributed by atoms with E-state index in [-0.39, 0.29) is 5.92 Å². The van der Waals surface area contributed by atoms with E-state index in [4.69, 9.17) is 0 Å². The highest BCUT2D eigenvalue weighted by Crippen LogP contribution is 2.44. The molecule has 1 saturated heterocycles. The van der Waals surface area contributed by atoms with Gasteiger partial charge in [0.1, 0.15) is 5.82 Å². The first-order valence-corrected chi connectivity index (χ1v) is 9.46. The molecule has 1 aliphatic heterocycles. The zero-order valence-electron chi connectivity index (χ0n) is 14.2. The van der Waals surface area contributed by atoms with E-state index in [0.717, 1.165) is 24.5 Å². The first-order valence-electron chi connectivity index (χ1n) is 9.46. The lowest BCUT2D eigenvalue weighted by atomic mass is 9.89. The molecule has 0 bridgehead atoms. The molecule has 2 saturated carbocycles. The zero-order valence-corrected chi connectivity index (χ0v) is 14.2. The Morgan fingerprint density at radius 2 is 1.79 bits per heavy atom. The molecule has 1 N–H and O–H groups in total. The quantitative estimate of drug-likeness (QED) is 0.899. The van der Waals surface area contributed by atoms with Crippen LogP contribution in [0.25, 0.3) is 0 Å². The Hall–Kier alpha value is -1.49. The molecule has 130 valence electrons. The van der Waals surface area contributed by atoms with Gasteiger partial charge in [0.15, 0.2) is 0 Å².